The van der Waals surface area contributed by atoms with Gasteiger partial charge in [-0.3, -0.25) is 0 Å². The molecule has 3 nitrogen and oxygen atoms in total. The molecule has 0 unspecified atom stereocenters. The molecule has 10 heteroatoms. The highest BCUT2D eigenvalue weighted by atomic mass is 32.2. The van der Waals surface area contributed by atoms with Crippen molar-refractivity contribution in [2.75, 3.05) is 11.8 Å². The quantitative estimate of drug-likeness (QED) is 0.518. The van der Waals surface area contributed by atoms with E-state index in [0.717, 1.165) is 13.2 Å². The Morgan fingerprint density at radius 2 is 1.80 bits per heavy atom. The lowest BCUT2D eigenvalue weighted by atomic mass is 10.1. The zero-order valence-corrected chi connectivity index (χ0v) is 10.5. The lowest BCUT2D eigenvalue weighted by Crippen LogP contribution is -2.12. The van der Waals surface area contributed by atoms with Gasteiger partial charge in [0.05, 0.1) is 35.9 Å². The number of hydrogen-bond acceptors (Lipinski definition) is 4. The summed E-state index contributed by atoms with van der Waals surface area (Å²) in [4.78, 5) is 11.3. The standard InChI is InChI=1S/C10H7F6NO2S/c1-19-8(18)6-3-2-5(9(11,12)13)4-7(6)17-20-10(14,15)16/h2-4,17H,1H3. The van der Waals surface area contributed by atoms with E-state index in [4.69, 9.17) is 0 Å². The first kappa shape index (κ1) is 16.5. The third-order valence-electron chi connectivity index (χ3n) is 2.03. The van der Waals surface area contributed by atoms with Crippen molar-refractivity contribution in [2.24, 2.45) is 0 Å². The van der Waals surface area contributed by atoms with Gasteiger partial charge in [0.2, 0.25) is 0 Å². The van der Waals surface area contributed by atoms with Crippen molar-refractivity contribution >= 4 is 23.6 Å². The SMILES string of the molecule is COC(=O)c1ccc(C(F)(F)F)cc1NSC(F)(F)F. The number of methoxy groups -OCH3 is 1. The van der Waals surface area contributed by atoms with E-state index in [2.05, 4.69) is 4.74 Å². The monoisotopic (exact) mass is 319 g/mol. The highest BCUT2D eigenvalue weighted by Gasteiger charge is 2.33. The first-order valence-corrected chi connectivity index (χ1v) is 5.66. The number of carbonyl (C=O) groups is 1. The van der Waals surface area contributed by atoms with Crippen LogP contribution in [0.3, 0.4) is 0 Å². The number of esters is 1. The summed E-state index contributed by atoms with van der Waals surface area (Å²) < 4.78 is 79.6. The van der Waals surface area contributed by atoms with Crippen LogP contribution in [0.15, 0.2) is 18.2 Å². The summed E-state index contributed by atoms with van der Waals surface area (Å²) in [6.07, 6.45) is -4.74. The zero-order chi connectivity index (χ0) is 15.6. The topological polar surface area (TPSA) is 38.3 Å². The first-order valence-electron chi connectivity index (χ1n) is 4.85. The number of alkyl halides is 6. The Morgan fingerprint density at radius 3 is 2.25 bits per heavy atom. The van der Waals surface area contributed by atoms with Crippen molar-refractivity contribution in [2.45, 2.75) is 11.7 Å². The fraction of sp³-hybridized carbons (Fsp3) is 0.300. The number of ether oxygens (including phenoxy) is 1. The van der Waals surface area contributed by atoms with Crippen LogP contribution in [0.2, 0.25) is 0 Å². The van der Waals surface area contributed by atoms with E-state index in [1.807, 2.05) is 0 Å². The molecule has 0 saturated heterocycles. The number of halogens is 6. The molecule has 20 heavy (non-hydrogen) atoms. The summed E-state index contributed by atoms with van der Waals surface area (Å²) >= 11 is -0.777. The van der Waals surface area contributed by atoms with E-state index in [1.165, 1.54) is 0 Å². The van der Waals surface area contributed by atoms with Crippen molar-refractivity contribution in [1.29, 1.82) is 0 Å². The average Bonchev–Trinajstić information content (AvgIpc) is 2.33. The van der Waals surface area contributed by atoms with Gasteiger partial charge in [0.25, 0.3) is 0 Å². The van der Waals surface area contributed by atoms with Crippen LogP contribution in [-0.4, -0.2) is 18.6 Å². The molecule has 0 spiro atoms. The molecule has 0 aromatic heterocycles. The molecule has 112 valence electrons. The normalized spacial score (nSPS) is 12.2. The molecule has 1 aromatic rings. The lowest BCUT2D eigenvalue weighted by molar-refractivity contribution is -0.137. The molecule has 0 aliphatic heterocycles. The summed E-state index contributed by atoms with van der Waals surface area (Å²) in [6.45, 7) is 0. The van der Waals surface area contributed by atoms with Crippen LogP contribution in [0.1, 0.15) is 15.9 Å². The third kappa shape index (κ3) is 4.51. The fourth-order valence-electron chi connectivity index (χ4n) is 1.21. The van der Waals surface area contributed by atoms with Crippen LogP contribution in [0, 0.1) is 0 Å². The van der Waals surface area contributed by atoms with Crippen LogP contribution < -0.4 is 4.72 Å². The molecule has 0 aliphatic rings. The van der Waals surface area contributed by atoms with Crippen molar-refractivity contribution in [3.63, 3.8) is 0 Å². The van der Waals surface area contributed by atoms with Crippen LogP contribution >= 0.6 is 11.9 Å². The van der Waals surface area contributed by atoms with Gasteiger partial charge in [0.15, 0.2) is 0 Å². The van der Waals surface area contributed by atoms with Gasteiger partial charge in [-0.1, -0.05) is 0 Å². The number of rotatable bonds is 3. The van der Waals surface area contributed by atoms with E-state index in [9.17, 15) is 31.1 Å². The van der Waals surface area contributed by atoms with Gasteiger partial charge in [-0.15, -0.1) is 0 Å². The van der Waals surface area contributed by atoms with Gasteiger partial charge in [-0.25, -0.2) is 4.79 Å². The Hall–Kier alpha value is -1.58. The second-order valence-corrected chi connectivity index (χ2v) is 4.27. The zero-order valence-electron chi connectivity index (χ0n) is 9.72. The number of carbonyl (C=O) groups excluding carboxylic acids is 1. The molecule has 0 aliphatic carbocycles. The van der Waals surface area contributed by atoms with E-state index in [0.29, 0.717) is 12.1 Å². The Morgan fingerprint density at radius 1 is 1.20 bits per heavy atom. The molecule has 0 amide bonds. The van der Waals surface area contributed by atoms with Crippen molar-refractivity contribution < 1.29 is 35.9 Å². The number of hydrogen-bond donors (Lipinski definition) is 1. The molecule has 0 radical (unpaired) electrons. The minimum absolute atomic E-state index is 0.408. The maximum atomic E-state index is 12.5. The van der Waals surface area contributed by atoms with Gasteiger partial charge >= 0.3 is 17.7 Å². The predicted octanol–water partition coefficient (Wildman–Crippen LogP) is 4.07. The molecule has 0 saturated carbocycles. The predicted molar refractivity (Wildman–Crippen MR) is 60.1 cm³/mol. The average molecular weight is 319 g/mol. The number of nitrogens with one attached hydrogen (secondary N) is 1. The Kier molecular flexibility index (Phi) is 4.79. The van der Waals surface area contributed by atoms with Gasteiger partial charge in [-0.2, -0.15) is 26.3 Å². The largest absolute Gasteiger partial charge is 0.465 e. The minimum atomic E-state index is -4.74. The van der Waals surface area contributed by atoms with E-state index in [-0.39, 0.29) is 0 Å². The Labute approximate surface area is 113 Å². The molecular formula is C10H7F6NO2S. The summed E-state index contributed by atoms with van der Waals surface area (Å²) in [7, 11) is 0.959. The summed E-state index contributed by atoms with van der Waals surface area (Å²) in [5, 5.41) is 0. The van der Waals surface area contributed by atoms with Crippen molar-refractivity contribution in [3.8, 4) is 0 Å². The second-order valence-electron chi connectivity index (χ2n) is 3.40. The highest BCUT2D eigenvalue weighted by Crippen LogP contribution is 2.36. The van der Waals surface area contributed by atoms with Crippen LogP contribution in [0.5, 0.6) is 0 Å². The maximum Gasteiger partial charge on any atom is 0.461 e. The van der Waals surface area contributed by atoms with Crippen LogP contribution in [0.25, 0.3) is 0 Å². The molecule has 0 bridgehead atoms. The minimum Gasteiger partial charge on any atom is -0.465 e. The van der Waals surface area contributed by atoms with Crippen LogP contribution in [-0.2, 0) is 10.9 Å². The smallest absolute Gasteiger partial charge is 0.461 e. The van der Waals surface area contributed by atoms with Crippen LogP contribution in [0.4, 0.5) is 32.0 Å². The van der Waals surface area contributed by atoms with Crippen molar-refractivity contribution in [1.82, 2.24) is 0 Å². The molecule has 0 atom stereocenters. The molecule has 1 rings (SSSR count). The number of benzene rings is 1. The van der Waals surface area contributed by atoms with Crippen molar-refractivity contribution in [3.05, 3.63) is 29.3 Å². The van der Waals surface area contributed by atoms with Gasteiger partial charge < -0.3 is 9.46 Å². The maximum absolute atomic E-state index is 12.5. The van der Waals surface area contributed by atoms with E-state index in [1.54, 1.807) is 4.72 Å². The Bertz CT molecular complexity index is 500. The number of anilines is 1. The van der Waals surface area contributed by atoms with E-state index >= 15 is 0 Å². The summed E-state index contributed by atoms with van der Waals surface area (Å²) in [5.41, 5.74) is -6.97. The molecule has 1 N–H and O–H groups in total. The summed E-state index contributed by atoms with van der Waals surface area (Å²) in [6, 6.07) is 1.73. The summed E-state index contributed by atoms with van der Waals surface area (Å²) in [5.74, 6) is -1.05. The van der Waals surface area contributed by atoms with Gasteiger partial charge in [0.1, 0.15) is 0 Å². The molecule has 1 aromatic carbocycles. The first-order chi connectivity index (χ1) is 9.04. The Balaban J connectivity index is 3.16. The lowest BCUT2D eigenvalue weighted by Gasteiger charge is -2.14. The second kappa shape index (κ2) is 5.81. The third-order valence-corrected chi connectivity index (χ3v) is 2.58. The molecule has 0 fully saturated rings. The molecular weight excluding hydrogens is 312 g/mol. The van der Waals surface area contributed by atoms with Gasteiger partial charge in [0, 0.05) is 0 Å². The van der Waals surface area contributed by atoms with Gasteiger partial charge in [-0.05, 0) is 18.2 Å². The molecule has 0 heterocycles. The van der Waals surface area contributed by atoms with E-state index < -0.39 is 46.4 Å². The highest BCUT2D eigenvalue weighted by molar-refractivity contribution is 8.01. The fourth-order valence-corrected chi connectivity index (χ4v) is 1.60.